The number of rotatable bonds is 6. The molecule has 1 aromatic carbocycles. The first-order valence-electron chi connectivity index (χ1n) is 4.70. The SMILES string of the molecule is COC(COc1cc(Cl)ccc1[N+](=O)[O-])OC. The van der Waals surface area contributed by atoms with E-state index in [-0.39, 0.29) is 18.0 Å². The first-order valence-corrected chi connectivity index (χ1v) is 5.08. The Bertz CT molecular complexity index is 394. The third-order valence-corrected chi connectivity index (χ3v) is 2.25. The van der Waals surface area contributed by atoms with Crippen LogP contribution in [0.25, 0.3) is 0 Å². The summed E-state index contributed by atoms with van der Waals surface area (Å²) in [5, 5.41) is 11.1. The van der Waals surface area contributed by atoms with Gasteiger partial charge in [-0.1, -0.05) is 11.6 Å². The summed E-state index contributed by atoms with van der Waals surface area (Å²) in [4.78, 5) is 10.2. The lowest BCUT2D eigenvalue weighted by atomic mass is 10.3. The summed E-state index contributed by atoms with van der Waals surface area (Å²) in [6.45, 7) is 0.0359. The van der Waals surface area contributed by atoms with Crippen LogP contribution in [0.4, 0.5) is 5.69 Å². The second-order valence-corrected chi connectivity index (χ2v) is 3.52. The molecule has 0 spiro atoms. The molecule has 17 heavy (non-hydrogen) atoms. The minimum absolute atomic E-state index is 0.0359. The van der Waals surface area contributed by atoms with E-state index in [1.165, 1.54) is 32.4 Å². The quantitative estimate of drug-likeness (QED) is 0.446. The van der Waals surface area contributed by atoms with E-state index >= 15 is 0 Å². The fourth-order valence-corrected chi connectivity index (χ4v) is 1.31. The van der Waals surface area contributed by atoms with E-state index in [9.17, 15) is 10.1 Å². The normalized spacial score (nSPS) is 10.6. The first-order chi connectivity index (χ1) is 8.08. The molecule has 0 heterocycles. The van der Waals surface area contributed by atoms with Crippen LogP contribution in [0.15, 0.2) is 18.2 Å². The molecule has 0 N–H and O–H groups in total. The Morgan fingerprint density at radius 2 is 2.06 bits per heavy atom. The fourth-order valence-electron chi connectivity index (χ4n) is 1.14. The highest BCUT2D eigenvalue weighted by Crippen LogP contribution is 2.30. The van der Waals surface area contributed by atoms with Gasteiger partial charge in [-0.15, -0.1) is 0 Å². The zero-order valence-corrected chi connectivity index (χ0v) is 10.1. The smallest absolute Gasteiger partial charge is 0.311 e. The summed E-state index contributed by atoms with van der Waals surface area (Å²) in [5.41, 5.74) is -0.152. The standard InChI is InChI=1S/C10H12ClNO5/c1-15-10(16-2)6-17-9-5-7(11)3-4-8(9)12(13)14/h3-5,10H,6H2,1-2H3. The van der Waals surface area contributed by atoms with Crippen molar-refractivity contribution in [2.45, 2.75) is 6.29 Å². The van der Waals surface area contributed by atoms with Gasteiger partial charge in [0, 0.05) is 31.4 Å². The molecule has 6 nitrogen and oxygen atoms in total. The minimum atomic E-state index is -0.589. The summed E-state index contributed by atoms with van der Waals surface area (Å²) >= 11 is 5.74. The van der Waals surface area contributed by atoms with Crippen molar-refractivity contribution < 1.29 is 19.1 Å². The van der Waals surface area contributed by atoms with Crippen molar-refractivity contribution in [2.75, 3.05) is 20.8 Å². The molecule has 0 bridgehead atoms. The van der Waals surface area contributed by atoms with Crippen molar-refractivity contribution in [3.05, 3.63) is 33.3 Å². The molecule has 0 aliphatic heterocycles. The maximum atomic E-state index is 10.7. The second kappa shape index (κ2) is 6.39. The van der Waals surface area contributed by atoms with Gasteiger partial charge >= 0.3 is 5.69 Å². The Morgan fingerprint density at radius 1 is 1.41 bits per heavy atom. The number of nitrogens with zero attached hydrogens (tertiary/aromatic N) is 1. The molecule has 0 aliphatic rings. The van der Waals surface area contributed by atoms with Crippen molar-refractivity contribution >= 4 is 17.3 Å². The number of nitro groups is 1. The maximum Gasteiger partial charge on any atom is 0.311 e. The summed E-state index contributed by atoms with van der Waals surface area (Å²) in [6, 6.07) is 4.09. The highest BCUT2D eigenvalue weighted by molar-refractivity contribution is 6.30. The lowest BCUT2D eigenvalue weighted by Gasteiger charge is -2.14. The molecule has 0 saturated carbocycles. The van der Waals surface area contributed by atoms with E-state index in [0.717, 1.165) is 0 Å². The lowest BCUT2D eigenvalue weighted by molar-refractivity contribution is -0.386. The summed E-state index contributed by atoms with van der Waals surface area (Å²) in [5.74, 6) is 0.0848. The highest BCUT2D eigenvalue weighted by Gasteiger charge is 2.17. The first kappa shape index (κ1) is 13.7. The van der Waals surface area contributed by atoms with E-state index in [1.807, 2.05) is 0 Å². The molecular formula is C10H12ClNO5. The van der Waals surface area contributed by atoms with Crippen LogP contribution in [0.3, 0.4) is 0 Å². The summed E-state index contributed by atoms with van der Waals surface area (Å²) in [7, 11) is 2.90. The average molecular weight is 262 g/mol. The molecule has 1 aromatic rings. The molecule has 0 saturated heterocycles. The predicted molar refractivity (Wildman–Crippen MR) is 61.4 cm³/mol. The maximum absolute atomic E-state index is 10.7. The van der Waals surface area contributed by atoms with Gasteiger partial charge in [-0.3, -0.25) is 10.1 Å². The van der Waals surface area contributed by atoms with Gasteiger partial charge in [0.15, 0.2) is 12.0 Å². The van der Waals surface area contributed by atoms with Crippen LogP contribution < -0.4 is 4.74 Å². The molecule has 0 fully saturated rings. The molecule has 0 amide bonds. The zero-order chi connectivity index (χ0) is 12.8. The molecule has 0 aromatic heterocycles. The fraction of sp³-hybridized carbons (Fsp3) is 0.400. The van der Waals surface area contributed by atoms with Crippen molar-refractivity contribution in [1.82, 2.24) is 0 Å². The molecule has 0 atom stereocenters. The number of hydrogen-bond donors (Lipinski definition) is 0. The Balaban J connectivity index is 2.81. The minimum Gasteiger partial charge on any atom is -0.481 e. The van der Waals surface area contributed by atoms with Crippen molar-refractivity contribution in [1.29, 1.82) is 0 Å². The molecule has 0 aliphatic carbocycles. The van der Waals surface area contributed by atoms with Crippen LogP contribution in [-0.4, -0.2) is 32.0 Å². The number of halogens is 1. The topological polar surface area (TPSA) is 70.8 Å². The molecule has 1 rings (SSSR count). The van der Waals surface area contributed by atoms with E-state index < -0.39 is 11.2 Å². The van der Waals surface area contributed by atoms with Gasteiger partial charge in [-0.05, 0) is 6.07 Å². The van der Waals surface area contributed by atoms with Crippen LogP contribution in [-0.2, 0) is 9.47 Å². The number of nitro benzene ring substituents is 1. The lowest BCUT2D eigenvalue weighted by Crippen LogP contribution is -2.22. The number of hydrogen-bond acceptors (Lipinski definition) is 5. The van der Waals surface area contributed by atoms with E-state index in [1.54, 1.807) is 0 Å². The summed E-state index contributed by atoms with van der Waals surface area (Å²) in [6.07, 6.45) is -0.589. The second-order valence-electron chi connectivity index (χ2n) is 3.08. The van der Waals surface area contributed by atoms with Crippen LogP contribution in [0.5, 0.6) is 5.75 Å². The summed E-state index contributed by atoms with van der Waals surface area (Å²) < 4.78 is 15.1. The van der Waals surface area contributed by atoms with Gasteiger partial charge < -0.3 is 14.2 Å². The van der Waals surface area contributed by atoms with Crippen molar-refractivity contribution in [2.24, 2.45) is 0 Å². The third-order valence-electron chi connectivity index (χ3n) is 2.02. The monoisotopic (exact) mass is 261 g/mol. The number of ether oxygens (including phenoxy) is 3. The number of methoxy groups -OCH3 is 2. The highest BCUT2D eigenvalue weighted by atomic mass is 35.5. The van der Waals surface area contributed by atoms with Gasteiger partial charge in [0.1, 0.15) is 6.61 Å². The Kier molecular flexibility index (Phi) is 5.14. The molecule has 0 radical (unpaired) electrons. The van der Waals surface area contributed by atoms with Crippen molar-refractivity contribution in [3.8, 4) is 5.75 Å². The van der Waals surface area contributed by atoms with Crippen molar-refractivity contribution in [3.63, 3.8) is 0 Å². The third kappa shape index (κ3) is 3.85. The van der Waals surface area contributed by atoms with Crippen LogP contribution in [0, 0.1) is 10.1 Å². The average Bonchev–Trinajstić information content (AvgIpc) is 2.30. The Hall–Kier alpha value is -1.37. The van der Waals surface area contributed by atoms with Gasteiger partial charge in [0.05, 0.1) is 4.92 Å². The molecule has 7 heteroatoms. The molecule has 0 unspecified atom stereocenters. The zero-order valence-electron chi connectivity index (χ0n) is 9.38. The predicted octanol–water partition coefficient (Wildman–Crippen LogP) is 2.25. The van der Waals surface area contributed by atoms with Crippen LogP contribution in [0.1, 0.15) is 0 Å². The van der Waals surface area contributed by atoms with Gasteiger partial charge in [0.25, 0.3) is 0 Å². The Morgan fingerprint density at radius 3 is 2.59 bits per heavy atom. The van der Waals surface area contributed by atoms with Gasteiger partial charge in [0.2, 0.25) is 0 Å². The van der Waals surface area contributed by atoms with E-state index in [4.69, 9.17) is 25.8 Å². The van der Waals surface area contributed by atoms with E-state index in [2.05, 4.69) is 0 Å². The van der Waals surface area contributed by atoms with E-state index in [0.29, 0.717) is 5.02 Å². The van der Waals surface area contributed by atoms with Gasteiger partial charge in [-0.25, -0.2) is 0 Å². The van der Waals surface area contributed by atoms with Crippen LogP contribution in [0.2, 0.25) is 5.02 Å². The Labute approximate surface area is 103 Å². The van der Waals surface area contributed by atoms with Crippen LogP contribution >= 0.6 is 11.6 Å². The largest absolute Gasteiger partial charge is 0.481 e. The number of benzene rings is 1. The molecule has 94 valence electrons. The van der Waals surface area contributed by atoms with Gasteiger partial charge in [-0.2, -0.15) is 0 Å². The molecular weight excluding hydrogens is 250 g/mol.